The molecule has 0 radical (unpaired) electrons. The Balaban J connectivity index is 2.06. The van der Waals surface area contributed by atoms with Gasteiger partial charge in [0.15, 0.2) is 0 Å². The van der Waals surface area contributed by atoms with E-state index in [2.05, 4.69) is 17.6 Å². The summed E-state index contributed by atoms with van der Waals surface area (Å²) in [6, 6.07) is 0. The van der Waals surface area contributed by atoms with Gasteiger partial charge in [-0.2, -0.15) is 0 Å². The molecular formula is C20H31N3O4S. The van der Waals surface area contributed by atoms with E-state index in [0.717, 1.165) is 36.1 Å². The number of thiophene rings is 1. The number of fused-ring (bicyclic) bond motifs is 1. The van der Waals surface area contributed by atoms with Gasteiger partial charge in [0.1, 0.15) is 5.00 Å². The molecule has 1 aliphatic carbocycles. The van der Waals surface area contributed by atoms with E-state index in [1.54, 1.807) is 18.9 Å². The van der Waals surface area contributed by atoms with Crippen LogP contribution in [-0.4, -0.2) is 56.0 Å². The van der Waals surface area contributed by atoms with Crippen LogP contribution in [0.4, 0.5) is 5.00 Å². The van der Waals surface area contributed by atoms with Gasteiger partial charge in [-0.3, -0.25) is 14.5 Å². The molecule has 1 aromatic heterocycles. The number of anilines is 1. The monoisotopic (exact) mass is 409 g/mol. The number of ether oxygens (including phenoxy) is 1. The fourth-order valence-electron chi connectivity index (χ4n) is 3.29. The van der Waals surface area contributed by atoms with Crippen molar-refractivity contribution in [2.75, 3.05) is 38.6 Å². The maximum Gasteiger partial charge on any atom is 0.341 e. The SMILES string of the molecule is CCCNC(=O)CN(C)CC(=O)Nc1sc2c(c1C(=O)OCC)CCC(C)C2. The second kappa shape index (κ2) is 10.6. The van der Waals surface area contributed by atoms with Gasteiger partial charge in [-0.15, -0.1) is 11.3 Å². The number of rotatable bonds is 9. The van der Waals surface area contributed by atoms with Crippen molar-refractivity contribution >= 4 is 34.1 Å². The second-order valence-electron chi connectivity index (χ2n) is 7.35. The fourth-order valence-corrected chi connectivity index (χ4v) is 4.71. The summed E-state index contributed by atoms with van der Waals surface area (Å²) in [5.41, 5.74) is 1.52. The van der Waals surface area contributed by atoms with Crippen LogP contribution in [0.15, 0.2) is 0 Å². The van der Waals surface area contributed by atoms with Gasteiger partial charge in [0, 0.05) is 11.4 Å². The number of hydrogen-bond acceptors (Lipinski definition) is 6. The van der Waals surface area contributed by atoms with Crippen LogP contribution in [0.1, 0.15) is 54.4 Å². The van der Waals surface area contributed by atoms with Gasteiger partial charge in [0.25, 0.3) is 0 Å². The van der Waals surface area contributed by atoms with E-state index in [4.69, 9.17) is 4.74 Å². The Morgan fingerprint density at radius 3 is 2.61 bits per heavy atom. The van der Waals surface area contributed by atoms with E-state index in [-0.39, 0.29) is 30.9 Å². The third-order valence-corrected chi connectivity index (χ3v) is 5.81. The first-order valence-electron chi connectivity index (χ1n) is 9.92. The number of esters is 1. The summed E-state index contributed by atoms with van der Waals surface area (Å²) < 4.78 is 5.23. The Kier molecular flexibility index (Phi) is 8.44. The molecule has 2 N–H and O–H groups in total. The third kappa shape index (κ3) is 6.04. The molecule has 1 aromatic rings. The smallest absolute Gasteiger partial charge is 0.341 e. The molecule has 7 nitrogen and oxygen atoms in total. The first-order chi connectivity index (χ1) is 13.3. The summed E-state index contributed by atoms with van der Waals surface area (Å²) in [6.07, 6.45) is 3.64. The van der Waals surface area contributed by atoms with Crippen LogP contribution in [0.3, 0.4) is 0 Å². The van der Waals surface area contributed by atoms with Crippen molar-refractivity contribution < 1.29 is 19.1 Å². The minimum absolute atomic E-state index is 0.0702. The van der Waals surface area contributed by atoms with Crippen molar-refractivity contribution in [3.8, 4) is 0 Å². The molecule has 1 atom stereocenters. The maximum atomic E-state index is 12.5. The largest absolute Gasteiger partial charge is 0.462 e. The van der Waals surface area contributed by atoms with Gasteiger partial charge >= 0.3 is 5.97 Å². The highest BCUT2D eigenvalue weighted by Crippen LogP contribution is 2.40. The maximum absolute atomic E-state index is 12.5. The number of hydrogen-bond donors (Lipinski definition) is 2. The van der Waals surface area contributed by atoms with E-state index in [1.807, 2.05) is 6.92 Å². The van der Waals surface area contributed by atoms with Crippen molar-refractivity contribution in [3.05, 3.63) is 16.0 Å². The van der Waals surface area contributed by atoms with Gasteiger partial charge in [-0.05, 0) is 51.1 Å². The summed E-state index contributed by atoms with van der Waals surface area (Å²) >= 11 is 1.47. The van der Waals surface area contributed by atoms with Crippen LogP contribution in [-0.2, 0) is 27.2 Å². The molecule has 0 aromatic carbocycles. The molecule has 2 rings (SSSR count). The molecule has 156 valence electrons. The van der Waals surface area contributed by atoms with E-state index in [9.17, 15) is 14.4 Å². The van der Waals surface area contributed by atoms with Crippen molar-refractivity contribution in [2.24, 2.45) is 5.92 Å². The summed E-state index contributed by atoms with van der Waals surface area (Å²) in [4.78, 5) is 39.6. The first-order valence-corrected chi connectivity index (χ1v) is 10.7. The number of carbonyl (C=O) groups is 3. The molecule has 8 heteroatoms. The Hall–Kier alpha value is -1.93. The lowest BCUT2D eigenvalue weighted by atomic mass is 9.88. The molecular weight excluding hydrogens is 378 g/mol. The highest BCUT2D eigenvalue weighted by molar-refractivity contribution is 7.17. The Labute approximate surface area is 170 Å². The highest BCUT2D eigenvalue weighted by atomic mass is 32.1. The molecule has 0 spiro atoms. The van der Waals surface area contributed by atoms with Gasteiger partial charge in [-0.25, -0.2) is 4.79 Å². The number of likely N-dealkylation sites (N-methyl/N-ethyl adjacent to an activating group) is 1. The molecule has 0 bridgehead atoms. The molecule has 0 saturated heterocycles. The van der Waals surface area contributed by atoms with E-state index in [1.165, 1.54) is 11.3 Å². The number of amides is 2. The van der Waals surface area contributed by atoms with Crippen molar-refractivity contribution in [2.45, 2.75) is 46.5 Å². The number of carbonyl (C=O) groups excluding carboxylic acids is 3. The minimum atomic E-state index is -0.378. The Morgan fingerprint density at radius 1 is 1.21 bits per heavy atom. The van der Waals surface area contributed by atoms with Crippen molar-refractivity contribution in [3.63, 3.8) is 0 Å². The van der Waals surface area contributed by atoms with Crippen LogP contribution in [0.25, 0.3) is 0 Å². The lowest BCUT2D eigenvalue weighted by Crippen LogP contribution is -2.39. The van der Waals surface area contributed by atoms with E-state index < -0.39 is 0 Å². The van der Waals surface area contributed by atoms with Crippen molar-refractivity contribution in [1.82, 2.24) is 10.2 Å². The number of nitrogens with one attached hydrogen (secondary N) is 2. The summed E-state index contributed by atoms with van der Waals surface area (Å²) in [5, 5.41) is 6.23. The average molecular weight is 410 g/mol. The molecule has 28 heavy (non-hydrogen) atoms. The normalized spacial score (nSPS) is 15.8. The van der Waals surface area contributed by atoms with Crippen LogP contribution in [0.5, 0.6) is 0 Å². The second-order valence-corrected chi connectivity index (χ2v) is 8.45. The molecule has 0 aliphatic heterocycles. The zero-order chi connectivity index (χ0) is 20.7. The predicted octanol–water partition coefficient (Wildman–Crippen LogP) is 2.45. The summed E-state index contributed by atoms with van der Waals surface area (Å²) in [7, 11) is 1.72. The molecule has 0 saturated carbocycles. The van der Waals surface area contributed by atoms with Crippen LogP contribution in [0, 0.1) is 5.92 Å². The lowest BCUT2D eigenvalue weighted by Gasteiger charge is -2.18. The van der Waals surface area contributed by atoms with E-state index in [0.29, 0.717) is 29.6 Å². The first kappa shape index (κ1) is 22.4. The molecule has 2 amide bonds. The number of nitrogens with zero attached hydrogens (tertiary/aromatic N) is 1. The summed E-state index contributed by atoms with van der Waals surface area (Å²) in [6.45, 7) is 7.10. The zero-order valence-electron chi connectivity index (χ0n) is 17.2. The van der Waals surface area contributed by atoms with Crippen LogP contribution in [0.2, 0.25) is 0 Å². The highest BCUT2D eigenvalue weighted by Gasteiger charge is 2.29. The van der Waals surface area contributed by atoms with E-state index >= 15 is 0 Å². The Morgan fingerprint density at radius 2 is 1.93 bits per heavy atom. The zero-order valence-corrected chi connectivity index (χ0v) is 18.0. The van der Waals surface area contributed by atoms with Gasteiger partial charge in [0.05, 0.1) is 25.3 Å². The quantitative estimate of drug-likeness (QED) is 0.612. The van der Waals surface area contributed by atoms with Gasteiger partial charge < -0.3 is 15.4 Å². The van der Waals surface area contributed by atoms with Gasteiger partial charge in [0.2, 0.25) is 11.8 Å². The molecule has 0 fully saturated rings. The van der Waals surface area contributed by atoms with Crippen LogP contribution < -0.4 is 10.6 Å². The van der Waals surface area contributed by atoms with Crippen molar-refractivity contribution in [1.29, 1.82) is 0 Å². The summed E-state index contributed by atoms with van der Waals surface area (Å²) in [5.74, 6) is -0.164. The molecule has 1 heterocycles. The fraction of sp³-hybridized carbons (Fsp3) is 0.650. The third-order valence-electron chi connectivity index (χ3n) is 4.64. The van der Waals surface area contributed by atoms with Crippen LogP contribution >= 0.6 is 11.3 Å². The van der Waals surface area contributed by atoms with Gasteiger partial charge in [-0.1, -0.05) is 13.8 Å². The minimum Gasteiger partial charge on any atom is -0.462 e. The Bertz CT molecular complexity index is 717. The average Bonchev–Trinajstić information content (AvgIpc) is 2.96. The predicted molar refractivity (Wildman–Crippen MR) is 111 cm³/mol. The topological polar surface area (TPSA) is 87.7 Å². The molecule has 1 unspecified atom stereocenters. The molecule has 1 aliphatic rings. The lowest BCUT2D eigenvalue weighted by molar-refractivity contribution is -0.122. The standard InChI is InChI=1S/C20H31N3O4S/c1-5-9-21-16(24)11-23(4)12-17(25)22-19-18(20(26)27-6-2)14-8-7-13(3)10-15(14)28-19/h13H,5-12H2,1-4H3,(H,21,24)(H,22,25).